The predicted molar refractivity (Wildman–Crippen MR) is 77.7 cm³/mol. The number of aryl methyl sites for hydroxylation is 3. The van der Waals surface area contributed by atoms with Crippen LogP contribution in [0.1, 0.15) is 41.7 Å². The van der Waals surface area contributed by atoms with Gasteiger partial charge in [0.15, 0.2) is 0 Å². The minimum atomic E-state index is 0.441. The molecule has 4 nitrogen and oxygen atoms in total. The molecule has 1 aliphatic heterocycles. The number of benzene rings is 1. The zero-order valence-electron chi connectivity index (χ0n) is 11.9. The molecule has 106 valence electrons. The normalized spacial score (nSPS) is 16.4. The van der Waals surface area contributed by atoms with Crippen LogP contribution in [-0.4, -0.2) is 23.3 Å². The second kappa shape index (κ2) is 6.18. The Hall–Kier alpha value is -1.68. The Bertz CT molecular complexity index is 558. The molecule has 1 fully saturated rings. The second-order valence-corrected chi connectivity index (χ2v) is 5.48. The van der Waals surface area contributed by atoms with E-state index >= 15 is 0 Å². The van der Waals surface area contributed by atoms with Crippen LogP contribution in [0, 0.1) is 6.92 Å². The molecule has 0 spiro atoms. The van der Waals surface area contributed by atoms with Gasteiger partial charge in [0.05, 0.1) is 0 Å². The monoisotopic (exact) mass is 271 g/mol. The largest absolute Gasteiger partial charge is 0.425 e. The number of nitrogens with one attached hydrogen (secondary N) is 1. The maximum Gasteiger partial charge on any atom is 0.219 e. The molecule has 0 atom stereocenters. The number of piperidine rings is 1. The van der Waals surface area contributed by atoms with E-state index in [4.69, 9.17) is 4.42 Å². The van der Waals surface area contributed by atoms with Gasteiger partial charge < -0.3 is 9.73 Å². The first-order valence-corrected chi connectivity index (χ1v) is 7.40. The highest BCUT2D eigenvalue weighted by atomic mass is 16.4. The van der Waals surface area contributed by atoms with E-state index in [2.05, 4.69) is 46.7 Å². The van der Waals surface area contributed by atoms with E-state index < -0.39 is 0 Å². The van der Waals surface area contributed by atoms with Crippen molar-refractivity contribution in [2.75, 3.05) is 13.1 Å². The van der Waals surface area contributed by atoms with Crippen molar-refractivity contribution in [2.45, 2.75) is 38.5 Å². The average molecular weight is 271 g/mol. The SMILES string of the molecule is Cc1ccccc1CCc1nnc(C2CCNCC2)o1. The van der Waals surface area contributed by atoms with Gasteiger partial charge in [0.25, 0.3) is 0 Å². The smallest absolute Gasteiger partial charge is 0.219 e. The van der Waals surface area contributed by atoms with Crippen molar-refractivity contribution in [3.63, 3.8) is 0 Å². The summed E-state index contributed by atoms with van der Waals surface area (Å²) in [6.45, 7) is 4.24. The fourth-order valence-electron chi connectivity index (χ4n) is 2.73. The van der Waals surface area contributed by atoms with Crippen LogP contribution in [-0.2, 0) is 12.8 Å². The maximum atomic E-state index is 5.83. The minimum Gasteiger partial charge on any atom is -0.425 e. The van der Waals surface area contributed by atoms with E-state index in [0.29, 0.717) is 5.92 Å². The lowest BCUT2D eigenvalue weighted by Crippen LogP contribution is -2.26. The summed E-state index contributed by atoms with van der Waals surface area (Å²) in [6, 6.07) is 8.46. The van der Waals surface area contributed by atoms with Crippen LogP contribution >= 0.6 is 0 Å². The molecule has 3 rings (SSSR count). The number of hydrogen-bond acceptors (Lipinski definition) is 4. The molecule has 0 unspecified atom stereocenters. The van der Waals surface area contributed by atoms with Crippen LogP contribution in [0.3, 0.4) is 0 Å². The summed E-state index contributed by atoms with van der Waals surface area (Å²) in [5, 5.41) is 11.8. The van der Waals surface area contributed by atoms with Gasteiger partial charge >= 0.3 is 0 Å². The van der Waals surface area contributed by atoms with Gasteiger partial charge in [-0.25, -0.2) is 0 Å². The molecular weight excluding hydrogens is 250 g/mol. The fraction of sp³-hybridized carbons (Fsp3) is 0.500. The van der Waals surface area contributed by atoms with Gasteiger partial charge in [-0.2, -0.15) is 0 Å². The molecule has 2 aromatic rings. The van der Waals surface area contributed by atoms with Crippen molar-refractivity contribution < 1.29 is 4.42 Å². The zero-order chi connectivity index (χ0) is 13.8. The van der Waals surface area contributed by atoms with Crippen LogP contribution in [0.2, 0.25) is 0 Å². The minimum absolute atomic E-state index is 0.441. The van der Waals surface area contributed by atoms with Crippen molar-refractivity contribution in [1.82, 2.24) is 15.5 Å². The molecule has 1 aromatic heterocycles. The molecule has 2 heterocycles. The van der Waals surface area contributed by atoms with E-state index in [1.54, 1.807) is 0 Å². The summed E-state index contributed by atoms with van der Waals surface area (Å²) in [6.07, 6.45) is 3.97. The van der Waals surface area contributed by atoms with Crippen molar-refractivity contribution >= 4 is 0 Å². The molecule has 1 N–H and O–H groups in total. The molecule has 0 radical (unpaired) electrons. The summed E-state index contributed by atoms with van der Waals surface area (Å²) >= 11 is 0. The van der Waals surface area contributed by atoms with Crippen molar-refractivity contribution in [3.05, 3.63) is 47.2 Å². The lowest BCUT2D eigenvalue weighted by molar-refractivity contribution is 0.360. The van der Waals surface area contributed by atoms with Gasteiger partial charge in [0, 0.05) is 12.3 Å². The Morgan fingerprint density at radius 2 is 1.95 bits per heavy atom. The molecule has 1 saturated heterocycles. The molecule has 0 bridgehead atoms. The Kier molecular flexibility index (Phi) is 4.11. The third kappa shape index (κ3) is 3.07. The highest BCUT2D eigenvalue weighted by Crippen LogP contribution is 2.24. The molecule has 0 aliphatic carbocycles. The quantitative estimate of drug-likeness (QED) is 0.928. The summed E-state index contributed by atoms with van der Waals surface area (Å²) in [4.78, 5) is 0. The Labute approximate surface area is 119 Å². The van der Waals surface area contributed by atoms with Crippen molar-refractivity contribution in [2.24, 2.45) is 0 Å². The Balaban J connectivity index is 1.61. The number of nitrogens with zero attached hydrogens (tertiary/aromatic N) is 2. The summed E-state index contributed by atoms with van der Waals surface area (Å²) in [5.41, 5.74) is 2.68. The van der Waals surface area contributed by atoms with Crippen LogP contribution < -0.4 is 5.32 Å². The molecule has 4 heteroatoms. The Morgan fingerprint density at radius 3 is 2.75 bits per heavy atom. The first kappa shape index (κ1) is 13.3. The molecule has 1 aliphatic rings. The standard InChI is InChI=1S/C16H21N3O/c1-12-4-2-3-5-13(12)6-7-15-18-19-16(20-15)14-8-10-17-11-9-14/h2-5,14,17H,6-11H2,1H3. The first-order chi connectivity index (χ1) is 9.83. The molecule has 1 aromatic carbocycles. The number of hydrogen-bond donors (Lipinski definition) is 1. The third-order valence-corrected chi connectivity index (χ3v) is 4.04. The van der Waals surface area contributed by atoms with Gasteiger partial charge in [-0.3, -0.25) is 0 Å². The van der Waals surface area contributed by atoms with E-state index in [0.717, 1.165) is 50.6 Å². The number of rotatable bonds is 4. The van der Waals surface area contributed by atoms with Gasteiger partial charge in [-0.1, -0.05) is 24.3 Å². The molecular formula is C16H21N3O. The maximum absolute atomic E-state index is 5.83. The fourth-order valence-corrected chi connectivity index (χ4v) is 2.73. The van der Waals surface area contributed by atoms with Crippen LogP contribution in [0.25, 0.3) is 0 Å². The highest BCUT2D eigenvalue weighted by molar-refractivity contribution is 5.25. The molecule has 0 amide bonds. The van der Waals surface area contributed by atoms with E-state index in [-0.39, 0.29) is 0 Å². The summed E-state index contributed by atoms with van der Waals surface area (Å²) in [5.74, 6) is 2.03. The third-order valence-electron chi connectivity index (χ3n) is 4.04. The molecule has 20 heavy (non-hydrogen) atoms. The Morgan fingerprint density at radius 1 is 1.15 bits per heavy atom. The lowest BCUT2D eigenvalue weighted by Gasteiger charge is -2.18. The predicted octanol–water partition coefficient (Wildman–Crippen LogP) is 2.63. The summed E-state index contributed by atoms with van der Waals surface area (Å²) in [7, 11) is 0. The lowest BCUT2D eigenvalue weighted by atomic mass is 9.98. The van der Waals surface area contributed by atoms with Gasteiger partial charge in [0.2, 0.25) is 11.8 Å². The number of aromatic nitrogens is 2. The highest BCUT2D eigenvalue weighted by Gasteiger charge is 2.20. The van der Waals surface area contributed by atoms with E-state index in [1.165, 1.54) is 11.1 Å². The van der Waals surface area contributed by atoms with Crippen LogP contribution in [0.5, 0.6) is 0 Å². The van der Waals surface area contributed by atoms with Crippen molar-refractivity contribution in [3.8, 4) is 0 Å². The van der Waals surface area contributed by atoms with Gasteiger partial charge in [-0.05, 0) is 50.4 Å². The first-order valence-electron chi connectivity index (χ1n) is 7.40. The van der Waals surface area contributed by atoms with Gasteiger partial charge in [0.1, 0.15) is 0 Å². The second-order valence-electron chi connectivity index (χ2n) is 5.48. The summed E-state index contributed by atoms with van der Waals surface area (Å²) < 4.78 is 5.83. The van der Waals surface area contributed by atoms with Crippen LogP contribution in [0.15, 0.2) is 28.7 Å². The molecule has 0 saturated carbocycles. The van der Waals surface area contributed by atoms with Crippen LogP contribution in [0.4, 0.5) is 0 Å². The zero-order valence-corrected chi connectivity index (χ0v) is 11.9. The van der Waals surface area contributed by atoms with Crippen molar-refractivity contribution in [1.29, 1.82) is 0 Å². The van der Waals surface area contributed by atoms with E-state index in [1.807, 2.05) is 0 Å². The topological polar surface area (TPSA) is 51.0 Å². The average Bonchev–Trinajstić information content (AvgIpc) is 2.96. The van der Waals surface area contributed by atoms with Gasteiger partial charge in [-0.15, -0.1) is 10.2 Å². The van der Waals surface area contributed by atoms with E-state index in [9.17, 15) is 0 Å².